The minimum Gasteiger partial charge on any atom is -0.312 e. The van der Waals surface area contributed by atoms with E-state index in [2.05, 4.69) is 10.3 Å². The van der Waals surface area contributed by atoms with E-state index in [-0.39, 0.29) is 5.91 Å². The topological polar surface area (TPSA) is 41.5 Å². The Labute approximate surface area is 110 Å². The highest BCUT2D eigenvalue weighted by molar-refractivity contribution is 6.42. The number of rotatable bonds is 2. The van der Waals surface area contributed by atoms with Gasteiger partial charge in [-0.3, -0.25) is 9.79 Å². The first-order valence-electron chi connectivity index (χ1n) is 5.22. The van der Waals surface area contributed by atoms with E-state index in [1.54, 1.807) is 26.0 Å². The Balaban J connectivity index is 2.18. The molecule has 5 heteroatoms. The zero-order valence-electron chi connectivity index (χ0n) is 9.55. The fraction of sp³-hybridized carbons (Fsp3) is 0.333. The first kappa shape index (κ1) is 12.4. The summed E-state index contributed by atoms with van der Waals surface area (Å²) < 4.78 is 0. The van der Waals surface area contributed by atoms with Crippen molar-refractivity contribution in [3.63, 3.8) is 0 Å². The van der Waals surface area contributed by atoms with Crippen molar-refractivity contribution in [2.45, 2.75) is 25.8 Å². The predicted molar refractivity (Wildman–Crippen MR) is 69.8 cm³/mol. The van der Waals surface area contributed by atoms with E-state index in [9.17, 15) is 4.79 Å². The van der Waals surface area contributed by atoms with Crippen molar-refractivity contribution >= 4 is 34.9 Å². The molecule has 17 heavy (non-hydrogen) atoms. The van der Waals surface area contributed by atoms with Gasteiger partial charge in [-0.05, 0) is 31.5 Å². The van der Waals surface area contributed by atoms with Gasteiger partial charge in [-0.15, -0.1) is 0 Å². The molecule has 0 aliphatic carbocycles. The van der Waals surface area contributed by atoms with E-state index in [1.165, 1.54) is 0 Å². The van der Waals surface area contributed by atoms with Gasteiger partial charge in [0.05, 0.1) is 10.0 Å². The molecule has 3 nitrogen and oxygen atoms in total. The number of hydrogen-bond acceptors (Lipinski definition) is 2. The van der Waals surface area contributed by atoms with Gasteiger partial charge in [-0.2, -0.15) is 0 Å². The molecule has 1 aromatic carbocycles. The second-order valence-corrected chi connectivity index (χ2v) is 5.31. The molecule has 0 spiro atoms. The summed E-state index contributed by atoms with van der Waals surface area (Å²) in [5, 5.41) is 3.79. The summed E-state index contributed by atoms with van der Waals surface area (Å²) in [6.45, 7) is 3.56. The van der Waals surface area contributed by atoms with E-state index in [0.717, 1.165) is 5.56 Å². The standard InChI is InChI=1S/C12H12Cl2N2O/c1-12(2)11(17)15-10(16-12)6-7-3-4-8(13)9(14)5-7/h3-5H,6H2,1-2H3,(H,15,16,17). The van der Waals surface area contributed by atoms with Crippen LogP contribution in [0.15, 0.2) is 23.2 Å². The SMILES string of the molecule is CC1(C)N=C(Cc2ccc(Cl)c(Cl)c2)NC1=O. The van der Waals surface area contributed by atoms with E-state index < -0.39 is 5.54 Å². The highest BCUT2D eigenvalue weighted by Crippen LogP contribution is 2.23. The minimum atomic E-state index is -0.675. The number of carbonyl (C=O) groups is 1. The van der Waals surface area contributed by atoms with Crippen molar-refractivity contribution in [3.8, 4) is 0 Å². The van der Waals surface area contributed by atoms with E-state index in [4.69, 9.17) is 23.2 Å². The van der Waals surface area contributed by atoms with Crippen molar-refractivity contribution in [2.24, 2.45) is 4.99 Å². The molecule has 1 heterocycles. The number of carbonyl (C=O) groups excluding carboxylic acids is 1. The van der Waals surface area contributed by atoms with Crippen LogP contribution in [0.3, 0.4) is 0 Å². The van der Waals surface area contributed by atoms with Crippen molar-refractivity contribution in [2.75, 3.05) is 0 Å². The summed E-state index contributed by atoms with van der Waals surface area (Å²) in [7, 11) is 0. The van der Waals surface area contributed by atoms with Gasteiger partial charge in [0.2, 0.25) is 0 Å². The monoisotopic (exact) mass is 270 g/mol. The fourth-order valence-electron chi connectivity index (χ4n) is 1.63. The highest BCUT2D eigenvalue weighted by Gasteiger charge is 2.33. The number of amides is 1. The minimum absolute atomic E-state index is 0.0763. The maximum absolute atomic E-state index is 11.5. The van der Waals surface area contributed by atoms with Crippen LogP contribution in [0, 0.1) is 0 Å². The summed E-state index contributed by atoms with van der Waals surface area (Å²) in [4.78, 5) is 15.9. The Morgan fingerprint density at radius 2 is 2.00 bits per heavy atom. The first-order valence-corrected chi connectivity index (χ1v) is 5.98. The van der Waals surface area contributed by atoms with Gasteiger partial charge in [-0.25, -0.2) is 0 Å². The van der Waals surface area contributed by atoms with Crippen molar-refractivity contribution in [3.05, 3.63) is 33.8 Å². The molecule has 0 saturated carbocycles. The molecular weight excluding hydrogens is 259 g/mol. The number of amidine groups is 1. The van der Waals surface area contributed by atoms with E-state index in [1.807, 2.05) is 6.07 Å². The molecule has 90 valence electrons. The van der Waals surface area contributed by atoms with E-state index >= 15 is 0 Å². The van der Waals surface area contributed by atoms with Gasteiger partial charge in [0.15, 0.2) is 0 Å². The smallest absolute Gasteiger partial charge is 0.252 e. The van der Waals surface area contributed by atoms with Crippen LogP contribution in [0.5, 0.6) is 0 Å². The molecule has 0 saturated heterocycles. The lowest BCUT2D eigenvalue weighted by molar-refractivity contribution is -0.122. The normalized spacial score (nSPS) is 17.9. The van der Waals surface area contributed by atoms with Crippen LogP contribution in [-0.2, 0) is 11.2 Å². The Kier molecular flexibility index (Phi) is 3.15. The van der Waals surface area contributed by atoms with Gasteiger partial charge < -0.3 is 5.32 Å². The van der Waals surface area contributed by atoms with Crippen molar-refractivity contribution in [1.29, 1.82) is 0 Å². The lowest BCUT2D eigenvalue weighted by Gasteiger charge is -2.07. The third-order valence-corrected chi connectivity index (χ3v) is 3.32. The van der Waals surface area contributed by atoms with Crippen LogP contribution in [0.25, 0.3) is 0 Å². The van der Waals surface area contributed by atoms with Gasteiger partial charge in [-0.1, -0.05) is 29.3 Å². The summed E-state index contributed by atoms with van der Waals surface area (Å²) in [6, 6.07) is 5.39. The van der Waals surface area contributed by atoms with Gasteiger partial charge >= 0.3 is 0 Å². The van der Waals surface area contributed by atoms with Crippen LogP contribution in [0.1, 0.15) is 19.4 Å². The lowest BCUT2D eigenvalue weighted by atomic mass is 10.1. The van der Waals surface area contributed by atoms with Crippen molar-refractivity contribution in [1.82, 2.24) is 5.32 Å². The van der Waals surface area contributed by atoms with Crippen LogP contribution < -0.4 is 5.32 Å². The molecule has 1 N–H and O–H groups in total. The number of nitrogens with zero attached hydrogens (tertiary/aromatic N) is 1. The fourth-order valence-corrected chi connectivity index (χ4v) is 1.95. The first-order chi connectivity index (χ1) is 7.88. The largest absolute Gasteiger partial charge is 0.312 e. The zero-order chi connectivity index (χ0) is 12.6. The van der Waals surface area contributed by atoms with E-state index in [0.29, 0.717) is 22.3 Å². The van der Waals surface area contributed by atoms with Gasteiger partial charge in [0.1, 0.15) is 11.4 Å². The van der Waals surface area contributed by atoms with Crippen LogP contribution in [0.2, 0.25) is 10.0 Å². The lowest BCUT2D eigenvalue weighted by Crippen LogP contribution is -2.34. The second-order valence-electron chi connectivity index (χ2n) is 4.50. The third-order valence-electron chi connectivity index (χ3n) is 2.58. The molecule has 2 rings (SSSR count). The highest BCUT2D eigenvalue weighted by atomic mass is 35.5. The molecular formula is C12H12Cl2N2O. The molecule has 0 bridgehead atoms. The molecule has 1 amide bonds. The number of halogens is 2. The number of nitrogens with one attached hydrogen (secondary N) is 1. The Morgan fingerprint density at radius 1 is 1.29 bits per heavy atom. The number of hydrogen-bond donors (Lipinski definition) is 1. The average molecular weight is 271 g/mol. The third kappa shape index (κ3) is 2.61. The van der Waals surface area contributed by atoms with Crippen LogP contribution in [-0.4, -0.2) is 17.3 Å². The Morgan fingerprint density at radius 3 is 2.53 bits per heavy atom. The summed E-state index contributed by atoms with van der Waals surface area (Å²) in [5.74, 6) is 0.589. The molecule has 1 aromatic rings. The maximum atomic E-state index is 11.5. The predicted octanol–water partition coefficient (Wildman–Crippen LogP) is 2.84. The maximum Gasteiger partial charge on any atom is 0.252 e. The zero-order valence-corrected chi connectivity index (χ0v) is 11.1. The molecule has 0 atom stereocenters. The van der Waals surface area contributed by atoms with Crippen molar-refractivity contribution < 1.29 is 4.79 Å². The summed E-state index contributed by atoms with van der Waals surface area (Å²) in [6.07, 6.45) is 0.548. The number of aliphatic imine (C=N–C) groups is 1. The average Bonchev–Trinajstić information content (AvgIpc) is 2.46. The second kappa shape index (κ2) is 4.31. The van der Waals surface area contributed by atoms with Gasteiger partial charge in [0.25, 0.3) is 5.91 Å². The quantitative estimate of drug-likeness (QED) is 0.882. The molecule has 1 aliphatic heterocycles. The summed E-state index contributed by atoms with van der Waals surface area (Å²) >= 11 is 11.8. The Hall–Kier alpha value is -1.06. The molecule has 0 unspecified atom stereocenters. The Bertz CT molecular complexity index is 509. The molecule has 0 fully saturated rings. The van der Waals surface area contributed by atoms with Crippen LogP contribution >= 0.6 is 23.2 Å². The van der Waals surface area contributed by atoms with Crippen LogP contribution in [0.4, 0.5) is 0 Å². The number of benzene rings is 1. The molecule has 1 aliphatic rings. The molecule has 0 aromatic heterocycles. The summed E-state index contributed by atoms with van der Waals surface area (Å²) in [5.41, 5.74) is 0.294. The van der Waals surface area contributed by atoms with Gasteiger partial charge in [0, 0.05) is 6.42 Å². The molecule has 0 radical (unpaired) electrons.